The van der Waals surface area contributed by atoms with Gasteiger partial charge in [0.1, 0.15) is 5.75 Å². The van der Waals surface area contributed by atoms with Crippen LogP contribution in [0.15, 0.2) is 18.2 Å². The number of ether oxygens (including phenoxy) is 1. The van der Waals surface area contributed by atoms with Crippen molar-refractivity contribution < 1.29 is 17.9 Å². The first kappa shape index (κ1) is 14.0. The van der Waals surface area contributed by atoms with Crippen LogP contribution in [0, 0.1) is 0 Å². The molecule has 0 N–H and O–H groups in total. The summed E-state index contributed by atoms with van der Waals surface area (Å²) in [7, 11) is 3.24. The highest BCUT2D eigenvalue weighted by Crippen LogP contribution is 2.36. The molecular formula is C14H18F3NO. The van der Waals surface area contributed by atoms with Gasteiger partial charge in [0.25, 0.3) is 0 Å². The van der Waals surface area contributed by atoms with E-state index in [-0.39, 0.29) is 5.75 Å². The third-order valence-electron chi connectivity index (χ3n) is 3.73. The van der Waals surface area contributed by atoms with Crippen molar-refractivity contribution in [3.63, 3.8) is 0 Å². The molecule has 0 aliphatic heterocycles. The third-order valence-corrected chi connectivity index (χ3v) is 3.73. The van der Waals surface area contributed by atoms with Crippen molar-refractivity contribution >= 4 is 5.69 Å². The molecule has 2 rings (SSSR count). The maximum atomic E-state index is 12.9. The number of anilines is 1. The van der Waals surface area contributed by atoms with E-state index in [1.165, 1.54) is 13.2 Å². The summed E-state index contributed by atoms with van der Waals surface area (Å²) in [5, 5.41) is 0. The Kier molecular flexibility index (Phi) is 3.92. The molecule has 1 fully saturated rings. The molecule has 0 spiro atoms. The molecular weight excluding hydrogens is 255 g/mol. The lowest BCUT2D eigenvalue weighted by Crippen LogP contribution is -2.29. The van der Waals surface area contributed by atoms with Crippen molar-refractivity contribution in [3.8, 4) is 5.75 Å². The van der Waals surface area contributed by atoms with Gasteiger partial charge in [0.05, 0.1) is 12.7 Å². The van der Waals surface area contributed by atoms with Gasteiger partial charge in [-0.15, -0.1) is 0 Å². The SMILES string of the molecule is COc1cc(N(C)C2CCCC2)cc(C(F)(F)F)c1. The molecule has 2 nitrogen and oxygen atoms in total. The molecule has 0 unspecified atom stereocenters. The number of rotatable bonds is 3. The lowest BCUT2D eigenvalue weighted by atomic mass is 10.1. The van der Waals surface area contributed by atoms with E-state index < -0.39 is 11.7 Å². The van der Waals surface area contributed by atoms with Gasteiger partial charge in [0.15, 0.2) is 0 Å². The Morgan fingerprint density at radius 3 is 2.32 bits per heavy atom. The fourth-order valence-electron chi connectivity index (χ4n) is 2.57. The molecule has 0 aromatic heterocycles. The summed E-state index contributed by atoms with van der Waals surface area (Å²) in [5.41, 5.74) is -0.0923. The molecule has 19 heavy (non-hydrogen) atoms. The number of nitrogens with zero attached hydrogens (tertiary/aromatic N) is 1. The Bertz CT molecular complexity index is 439. The van der Waals surface area contributed by atoms with Gasteiger partial charge in [-0.05, 0) is 25.0 Å². The van der Waals surface area contributed by atoms with Crippen LogP contribution >= 0.6 is 0 Å². The summed E-state index contributed by atoms with van der Waals surface area (Å²) in [4.78, 5) is 1.94. The van der Waals surface area contributed by atoms with E-state index in [9.17, 15) is 13.2 Å². The number of benzene rings is 1. The van der Waals surface area contributed by atoms with Gasteiger partial charge in [-0.25, -0.2) is 0 Å². The highest BCUT2D eigenvalue weighted by Gasteiger charge is 2.32. The van der Waals surface area contributed by atoms with E-state index in [0.29, 0.717) is 11.7 Å². The lowest BCUT2D eigenvalue weighted by Gasteiger charge is -2.27. The molecule has 0 bridgehead atoms. The molecule has 0 radical (unpaired) electrons. The molecule has 1 saturated carbocycles. The van der Waals surface area contributed by atoms with Crippen LogP contribution in [0.2, 0.25) is 0 Å². The van der Waals surface area contributed by atoms with E-state index in [1.807, 2.05) is 11.9 Å². The first-order valence-electron chi connectivity index (χ1n) is 6.41. The molecule has 1 aliphatic carbocycles. The first-order chi connectivity index (χ1) is 8.91. The van der Waals surface area contributed by atoms with Gasteiger partial charge in [0.2, 0.25) is 0 Å². The molecule has 0 atom stereocenters. The molecule has 1 aromatic carbocycles. The van der Waals surface area contributed by atoms with Crippen LogP contribution in [-0.2, 0) is 6.18 Å². The zero-order chi connectivity index (χ0) is 14.0. The summed E-state index contributed by atoms with van der Waals surface area (Å²) in [6.07, 6.45) is 0.0140. The Morgan fingerprint density at radius 1 is 1.16 bits per heavy atom. The van der Waals surface area contributed by atoms with Crippen LogP contribution in [-0.4, -0.2) is 20.2 Å². The minimum absolute atomic E-state index is 0.245. The van der Waals surface area contributed by atoms with Gasteiger partial charge in [-0.2, -0.15) is 13.2 Å². The van der Waals surface area contributed by atoms with Crippen molar-refractivity contribution in [2.24, 2.45) is 0 Å². The van der Waals surface area contributed by atoms with Crippen LogP contribution in [0.5, 0.6) is 5.75 Å². The predicted molar refractivity (Wildman–Crippen MR) is 68.7 cm³/mol. The maximum absolute atomic E-state index is 12.9. The normalized spacial score (nSPS) is 16.7. The predicted octanol–water partition coefficient (Wildman–Crippen LogP) is 4.09. The Balaban J connectivity index is 2.33. The van der Waals surface area contributed by atoms with Crippen molar-refractivity contribution in [3.05, 3.63) is 23.8 Å². The summed E-state index contributed by atoms with van der Waals surface area (Å²) in [5.74, 6) is 0.245. The smallest absolute Gasteiger partial charge is 0.416 e. The lowest BCUT2D eigenvalue weighted by molar-refractivity contribution is -0.137. The highest BCUT2D eigenvalue weighted by atomic mass is 19.4. The molecule has 5 heteroatoms. The van der Waals surface area contributed by atoms with Crippen LogP contribution < -0.4 is 9.64 Å². The maximum Gasteiger partial charge on any atom is 0.416 e. The average molecular weight is 273 g/mol. The zero-order valence-corrected chi connectivity index (χ0v) is 11.1. The second kappa shape index (κ2) is 5.31. The van der Waals surface area contributed by atoms with E-state index in [1.54, 1.807) is 6.07 Å². The topological polar surface area (TPSA) is 12.5 Å². The zero-order valence-electron chi connectivity index (χ0n) is 11.1. The van der Waals surface area contributed by atoms with Gasteiger partial charge in [-0.1, -0.05) is 12.8 Å². The van der Waals surface area contributed by atoms with Crippen molar-refractivity contribution in [2.75, 3.05) is 19.1 Å². The highest BCUT2D eigenvalue weighted by molar-refractivity contribution is 5.54. The van der Waals surface area contributed by atoms with Crippen molar-refractivity contribution in [2.45, 2.75) is 37.9 Å². The number of methoxy groups -OCH3 is 1. The van der Waals surface area contributed by atoms with Gasteiger partial charge in [0, 0.05) is 24.8 Å². The summed E-state index contributed by atoms with van der Waals surface area (Å²) < 4.78 is 43.5. The van der Waals surface area contributed by atoms with E-state index in [4.69, 9.17) is 4.74 Å². The Morgan fingerprint density at radius 2 is 1.79 bits per heavy atom. The quantitative estimate of drug-likeness (QED) is 0.822. The van der Waals surface area contributed by atoms with Gasteiger partial charge < -0.3 is 9.64 Å². The minimum atomic E-state index is -4.35. The summed E-state index contributed by atoms with van der Waals surface area (Å²) in [6.45, 7) is 0. The van der Waals surface area contributed by atoms with E-state index >= 15 is 0 Å². The monoisotopic (exact) mass is 273 g/mol. The number of halogens is 3. The molecule has 0 saturated heterocycles. The number of alkyl halides is 3. The molecule has 106 valence electrons. The minimum Gasteiger partial charge on any atom is -0.497 e. The summed E-state index contributed by atoms with van der Waals surface area (Å²) in [6, 6.07) is 4.22. The largest absolute Gasteiger partial charge is 0.497 e. The first-order valence-corrected chi connectivity index (χ1v) is 6.41. The second-order valence-corrected chi connectivity index (χ2v) is 4.97. The average Bonchev–Trinajstić information content (AvgIpc) is 2.90. The standard InChI is InChI=1S/C14H18F3NO/c1-18(11-5-3-4-6-11)12-7-10(14(15,16)17)8-13(9-12)19-2/h7-9,11H,3-6H2,1-2H3. The number of hydrogen-bond donors (Lipinski definition) is 0. The van der Waals surface area contributed by atoms with Crippen LogP contribution in [0.1, 0.15) is 31.2 Å². The number of hydrogen-bond acceptors (Lipinski definition) is 2. The molecule has 1 aliphatic rings. The Labute approximate surface area is 111 Å². The van der Waals surface area contributed by atoms with Gasteiger partial charge in [-0.3, -0.25) is 0 Å². The van der Waals surface area contributed by atoms with Crippen molar-refractivity contribution in [1.29, 1.82) is 0 Å². The second-order valence-electron chi connectivity index (χ2n) is 4.97. The summed E-state index contributed by atoms with van der Waals surface area (Å²) >= 11 is 0. The Hall–Kier alpha value is -1.39. The fraction of sp³-hybridized carbons (Fsp3) is 0.571. The van der Waals surface area contributed by atoms with Crippen LogP contribution in [0.4, 0.5) is 18.9 Å². The van der Waals surface area contributed by atoms with E-state index in [2.05, 4.69) is 0 Å². The molecule has 0 amide bonds. The van der Waals surface area contributed by atoms with Crippen LogP contribution in [0.25, 0.3) is 0 Å². The fourth-order valence-corrected chi connectivity index (χ4v) is 2.57. The van der Waals surface area contributed by atoms with Crippen molar-refractivity contribution in [1.82, 2.24) is 0 Å². The van der Waals surface area contributed by atoms with Crippen LogP contribution in [0.3, 0.4) is 0 Å². The molecule has 0 heterocycles. The third kappa shape index (κ3) is 3.14. The molecule has 1 aromatic rings. The van der Waals surface area contributed by atoms with Gasteiger partial charge >= 0.3 is 6.18 Å². The van der Waals surface area contributed by atoms with E-state index in [0.717, 1.165) is 31.7 Å².